The summed E-state index contributed by atoms with van der Waals surface area (Å²) in [6, 6.07) is 1.44. The summed E-state index contributed by atoms with van der Waals surface area (Å²) >= 11 is 0. The molecule has 1 aromatic rings. The maximum Gasteiger partial charge on any atom is 0.515 e. The van der Waals surface area contributed by atoms with Crippen LogP contribution >= 0.6 is 0 Å². The minimum Gasteiger partial charge on any atom is -0.478 e. The second-order valence-electron chi connectivity index (χ2n) is 5.55. The number of aromatic carboxylic acids is 1. The number of nitrogens with zero attached hydrogens (tertiary/aromatic N) is 1. The predicted molar refractivity (Wildman–Crippen MR) is 71.3 cm³/mol. The number of nitrogen functional groups attached to an aromatic ring is 1. The van der Waals surface area contributed by atoms with Gasteiger partial charge in [-0.2, -0.15) is 0 Å². The average Bonchev–Trinajstić information content (AvgIpc) is 2.47. The molecule has 2 rings (SSSR count). The van der Waals surface area contributed by atoms with E-state index in [1.807, 2.05) is 27.7 Å². The molecule has 0 aliphatic carbocycles. The number of nitrogens with two attached hydrogens (primary N) is 1. The van der Waals surface area contributed by atoms with Gasteiger partial charge in [0.15, 0.2) is 0 Å². The summed E-state index contributed by atoms with van der Waals surface area (Å²) < 4.78 is 11.6. The van der Waals surface area contributed by atoms with Gasteiger partial charge in [-0.3, -0.25) is 4.98 Å². The van der Waals surface area contributed by atoms with Crippen molar-refractivity contribution in [2.24, 2.45) is 0 Å². The summed E-state index contributed by atoms with van der Waals surface area (Å²) in [5, 5.41) is 9.24. The first-order valence-electron chi connectivity index (χ1n) is 5.99. The van der Waals surface area contributed by atoms with Crippen molar-refractivity contribution in [3.8, 4) is 0 Å². The highest BCUT2D eigenvalue weighted by molar-refractivity contribution is 6.62. The van der Waals surface area contributed by atoms with Gasteiger partial charge in [-0.25, -0.2) is 4.79 Å². The van der Waals surface area contributed by atoms with E-state index >= 15 is 0 Å². The van der Waals surface area contributed by atoms with E-state index < -0.39 is 24.3 Å². The molecule has 0 radical (unpaired) electrons. The molecule has 3 N–H and O–H groups in total. The molecule has 19 heavy (non-hydrogen) atoms. The molecular weight excluding hydrogens is 247 g/mol. The van der Waals surface area contributed by atoms with Crippen LogP contribution in [0.25, 0.3) is 0 Å². The quantitative estimate of drug-likeness (QED) is 0.762. The van der Waals surface area contributed by atoms with Gasteiger partial charge in [0.25, 0.3) is 0 Å². The molecule has 0 amide bonds. The van der Waals surface area contributed by atoms with Crippen LogP contribution in [0.1, 0.15) is 38.1 Å². The van der Waals surface area contributed by atoms with Gasteiger partial charge in [-0.1, -0.05) is 0 Å². The van der Waals surface area contributed by atoms with E-state index in [1.54, 1.807) is 0 Å². The third kappa shape index (κ3) is 2.19. The molecule has 0 saturated carbocycles. The number of aromatic nitrogens is 1. The van der Waals surface area contributed by atoms with E-state index in [0.29, 0.717) is 0 Å². The van der Waals surface area contributed by atoms with Crippen LogP contribution in [0.2, 0.25) is 0 Å². The van der Waals surface area contributed by atoms with Gasteiger partial charge in [0.05, 0.1) is 16.8 Å². The zero-order chi connectivity index (χ0) is 14.4. The Morgan fingerprint density at radius 2 is 1.84 bits per heavy atom. The lowest BCUT2D eigenvalue weighted by Crippen LogP contribution is -2.41. The molecule has 102 valence electrons. The van der Waals surface area contributed by atoms with E-state index in [1.165, 1.54) is 12.3 Å². The highest BCUT2D eigenvalue weighted by Crippen LogP contribution is 2.36. The second-order valence-corrected chi connectivity index (χ2v) is 5.55. The Kier molecular flexibility index (Phi) is 3.06. The van der Waals surface area contributed by atoms with Crippen LogP contribution < -0.4 is 11.3 Å². The van der Waals surface area contributed by atoms with Crippen LogP contribution in [0.3, 0.4) is 0 Å². The molecule has 0 aromatic carbocycles. The highest BCUT2D eigenvalue weighted by atomic mass is 16.7. The Labute approximate surface area is 112 Å². The van der Waals surface area contributed by atoms with Crippen molar-refractivity contribution in [1.29, 1.82) is 0 Å². The molecule has 1 fully saturated rings. The van der Waals surface area contributed by atoms with Crippen LogP contribution in [0.4, 0.5) is 5.69 Å². The van der Waals surface area contributed by atoms with Gasteiger partial charge in [-0.15, -0.1) is 0 Å². The van der Waals surface area contributed by atoms with Gasteiger partial charge in [0.2, 0.25) is 0 Å². The van der Waals surface area contributed by atoms with Gasteiger partial charge < -0.3 is 20.1 Å². The van der Waals surface area contributed by atoms with Crippen molar-refractivity contribution in [3.63, 3.8) is 0 Å². The number of carboxylic acid groups (broad SMARTS) is 1. The third-order valence-corrected chi connectivity index (χ3v) is 3.70. The number of rotatable bonds is 2. The summed E-state index contributed by atoms with van der Waals surface area (Å²) in [6.45, 7) is 7.55. The summed E-state index contributed by atoms with van der Waals surface area (Å²) in [6.07, 6.45) is 1.45. The summed E-state index contributed by atoms with van der Waals surface area (Å²) in [4.78, 5) is 15.4. The van der Waals surface area contributed by atoms with Crippen LogP contribution in [0, 0.1) is 0 Å². The van der Waals surface area contributed by atoms with E-state index in [0.717, 1.165) is 0 Å². The molecule has 1 aromatic heterocycles. The molecule has 0 spiro atoms. The first-order valence-corrected chi connectivity index (χ1v) is 5.99. The van der Waals surface area contributed by atoms with Crippen LogP contribution in [0.15, 0.2) is 12.3 Å². The van der Waals surface area contributed by atoms with Crippen LogP contribution in [-0.2, 0) is 9.31 Å². The first-order chi connectivity index (χ1) is 8.66. The smallest absolute Gasteiger partial charge is 0.478 e. The largest absolute Gasteiger partial charge is 0.515 e. The van der Waals surface area contributed by atoms with Crippen molar-refractivity contribution in [2.75, 3.05) is 5.73 Å². The number of hydrogen-bond donors (Lipinski definition) is 2. The molecule has 1 aliphatic heterocycles. The van der Waals surface area contributed by atoms with Crippen molar-refractivity contribution < 1.29 is 19.2 Å². The molecule has 0 atom stereocenters. The van der Waals surface area contributed by atoms with E-state index in [2.05, 4.69) is 4.98 Å². The van der Waals surface area contributed by atoms with Crippen molar-refractivity contribution in [3.05, 3.63) is 17.8 Å². The second kappa shape index (κ2) is 4.21. The summed E-state index contributed by atoms with van der Waals surface area (Å²) in [5.74, 6) is -1.14. The third-order valence-electron chi connectivity index (χ3n) is 3.70. The Hall–Kier alpha value is -1.60. The highest BCUT2D eigenvalue weighted by Gasteiger charge is 2.53. The minimum atomic E-state index is -1.14. The Morgan fingerprint density at radius 1 is 1.32 bits per heavy atom. The lowest BCUT2D eigenvalue weighted by atomic mass is 9.80. The number of hydrogen-bond acceptors (Lipinski definition) is 5. The van der Waals surface area contributed by atoms with Crippen LogP contribution in [-0.4, -0.2) is 34.4 Å². The number of carbonyl (C=O) groups is 1. The average molecular weight is 264 g/mol. The molecule has 6 nitrogen and oxygen atoms in total. The number of pyridine rings is 1. The number of anilines is 1. The normalized spacial score (nSPS) is 20.5. The maximum atomic E-state index is 11.3. The molecule has 0 bridgehead atoms. The SMILES string of the molecule is CC1(C)OB(c2nccc(N)c2C(=O)O)OC1(C)C. The lowest BCUT2D eigenvalue weighted by molar-refractivity contribution is 0.00578. The number of carboxylic acids is 1. The summed E-state index contributed by atoms with van der Waals surface area (Å²) in [5.41, 5.74) is 4.86. The Bertz CT molecular complexity index is 514. The zero-order valence-electron chi connectivity index (χ0n) is 11.4. The maximum absolute atomic E-state index is 11.3. The molecule has 1 saturated heterocycles. The van der Waals surface area contributed by atoms with Gasteiger partial charge in [-0.05, 0) is 33.8 Å². The molecule has 7 heteroatoms. The van der Waals surface area contributed by atoms with Gasteiger partial charge in [0.1, 0.15) is 5.56 Å². The van der Waals surface area contributed by atoms with E-state index in [9.17, 15) is 9.90 Å². The van der Waals surface area contributed by atoms with Crippen molar-refractivity contribution in [1.82, 2.24) is 4.98 Å². The lowest BCUT2D eigenvalue weighted by Gasteiger charge is -2.32. The minimum absolute atomic E-state index is 0.0685. The molecule has 2 heterocycles. The fourth-order valence-electron chi connectivity index (χ4n) is 1.86. The van der Waals surface area contributed by atoms with E-state index in [4.69, 9.17) is 15.0 Å². The predicted octanol–water partition coefficient (Wildman–Crippen LogP) is 0.661. The molecule has 1 aliphatic rings. The van der Waals surface area contributed by atoms with Gasteiger partial charge >= 0.3 is 13.1 Å². The molecular formula is C12H17BN2O4. The Balaban J connectivity index is 2.46. The fourth-order valence-corrected chi connectivity index (χ4v) is 1.86. The molecule has 0 unspecified atom stereocenters. The first kappa shape index (κ1) is 13.8. The fraction of sp³-hybridized carbons (Fsp3) is 0.500. The Morgan fingerprint density at radius 3 is 2.32 bits per heavy atom. The van der Waals surface area contributed by atoms with Crippen LogP contribution in [0.5, 0.6) is 0 Å². The zero-order valence-corrected chi connectivity index (χ0v) is 11.4. The van der Waals surface area contributed by atoms with E-state index in [-0.39, 0.29) is 16.8 Å². The summed E-state index contributed by atoms with van der Waals surface area (Å²) in [7, 11) is -0.834. The van der Waals surface area contributed by atoms with Crippen molar-refractivity contribution >= 4 is 24.4 Å². The topological polar surface area (TPSA) is 94.7 Å². The van der Waals surface area contributed by atoms with Crippen molar-refractivity contribution in [2.45, 2.75) is 38.9 Å². The van der Waals surface area contributed by atoms with Gasteiger partial charge in [0, 0.05) is 11.9 Å². The standard InChI is InChI=1S/C12H17BN2O4/c1-11(2)12(3,4)19-13(18-11)9-8(10(16)17)7(14)5-6-15-9/h5-6H,1-4H3,(H2,14,15)(H,16,17). The monoisotopic (exact) mass is 264 g/mol.